The maximum absolute atomic E-state index is 4.62. The number of rotatable bonds is 1. The van der Waals surface area contributed by atoms with Crippen molar-refractivity contribution in [3.05, 3.63) is 12.2 Å². The first-order valence-electron chi connectivity index (χ1n) is 3.08. The largest absolute Gasteiger partial charge is 0.343 e. The molecule has 3 nitrogen and oxygen atoms in total. The fourth-order valence-electron chi connectivity index (χ4n) is 0.848. The van der Waals surface area contributed by atoms with E-state index in [2.05, 4.69) is 21.6 Å². The minimum Gasteiger partial charge on any atom is -0.343 e. The summed E-state index contributed by atoms with van der Waals surface area (Å²) in [6.07, 6.45) is 3.79. The number of hydrogen-bond acceptors (Lipinski definition) is 3. The summed E-state index contributed by atoms with van der Waals surface area (Å²) in [5.41, 5.74) is 0.257. The lowest BCUT2D eigenvalue weighted by Crippen LogP contribution is -2.01. The van der Waals surface area contributed by atoms with Gasteiger partial charge in [0.1, 0.15) is 0 Å². The zero-order valence-electron chi connectivity index (χ0n) is 5.29. The lowest BCUT2D eigenvalue weighted by atomic mass is 10.1. The molecule has 0 aromatic carbocycles. The molecule has 0 atom stereocenters. The molecular weight excluding hydrogens is 116 g/mol. The molecule has 1 saturated carbocycles. The van der Waals surface area contributed by atoms with E-state index in [0.29, 0.717) is 0 Å². The quantitative estimate of drug-likeness (QED) is 0.563. The van der Waals surface area contributed by atoms with Gasteiger partial charge in [0, 0.05) is 5.41 Å². The van der Waals surface area contributed by atoms with Gasteiger partial charge in [0.2, 0.25) is 6.39 Å². The van der Waals surface area contributed by atoms with Gasteiger partial charge in [-0.3, -0.25) is 0 Å². The predicted molar refractivity (Wildman–Crippen MR) is 30.9 cm³/mol. The number of hydrogen-bond donors (Lipinski definition) is 0. The molecule has 0 saturated heterocycles. The van der Waals surface area contributed by atoms with Crippen LogP contribution in [0.3, 0.4) is 0 Å². The molecule has 0 amide bonds. The Labute approximate surface area is 53.1 Å². The second-order valence-electron chi connectivity index (χ2n) is 2.82. The Morgan fingerprint density at radius 3 is 2.89 bits per heavy atom. The SMILES string of the molecule is CC1(c2ncon2)CC1. The minimum atomic E-state index is 0.257. The third-order valence-electron chi connectivity index (χ3n) is 1.90. The van der Waals surface area contributed by atoms with Gasteiger partial charge in [-0.05, 0) is 12.8 Å². The van der Waals surface area contributed by atoms with Gasteiger partial charge < -0.3 is 4.52 Å². The van der Waals surface area contributed by atoms with E-state index in [1.165, 1.54) is 19.2 Å². The average Bonchev–Trinajstić information content (AvgIpc) is 2.46. The summed E-state index contributed by atoms with van der Waals surface area (Å²) < 4.78 is 4.62. The summed E-state index contributed by atoms with van der Waals surface area (Å²) in [5.74, 6) is 0.863. The Balaban J connectivity index is 2.34. The van der Waals surface area contributed by atoms with Crippen molar-refractivity contribution in [1.29, 1.82) is 0 Å². The first kappa shape index (κ1) is 4.97. The molecule has 1 aromatic heterocycles. The van der Waals surface area contributed by atoms with Crippen LogP contribution in [0, 0.1) is 0 Å². The van der Waals surface area contributed by atoms with Crippen LogP contribution in [0.15, 0.2) is 10.9 Å². The number of nitrogens with zero attached hydrogens (tertiary/aromatic N) is 2. The highest BCUT2D eigenvalue weighted by atomic mass is 16.5. The highest BCUT2D eigenvalue weighted by molar-refractivity contribution is 5.12. The van der Waals surface area contributed by atoms with Crippen LogP contribution in [-0.4, -0.2) is 10.1 Å². The summed E-state index contributed by atoms with van der Waals surface area (Å²) in [6.45, 7) is 2.15. The zero-order chi connectivity index (χ0) is 6.32. The van der Waals surface area contributed by atoms with Crippen molar-refractivity contribution in [2.75, 3.05) is 0 Å². The molecular formula is C6H8N2O. The van der Waals surface area contributed by atoms with Crippen LogP contribution in [0.4, 0.5) is 0 Å². The summed E-state index contributed by atoms with van der Waals surface area (Å²) in [5, 5.41) is 3.76. The molecule has 9 heavy (non-hydrogen) atoms. The van der Waals surface area contributed by atoms with Crippen molar-refractivity contribution in [3.8, 4) is 0 Å². The van der Waals surface area contributed by atoms with Crippen molar-refractivity contribution in [2.45, 2.75) is 25.2 Å². The lowest BCUT2D eigenvalue weighted by Gasteiger charge is -1.96. The van der Waals surface area contributed by atoms with E-state index in [4.69, 9.17) is 0 Å². The van der Waals surface area contributed by atoms with Gasteiger partial charge >= 0.3 is 0 Å². The molecule has 1 heterocycles. The molecule has 0 aliphatic heterocycles. The molecule has 1 aliphatic carbocycles. The molecule has 0 radical (unpaired) electrons. The Hall–Kier alpha value is -0.860. The smallest absolute Gasteiger partial charge is 0.213 e. The van der Waals surface area contributed by atoms with Gasteiger partial charge in [-0.25, -0.2) is 0 Å². The minimum absolute atomic E-state index is 0.257. The number of aromatic nitrogens is 2. The van der Waals surface area contributed by atoms with E-state index in [9.17, 15) is 0 Å². The highest BCUT2D eigenvalue weighted by Gasteiger charge is 2.42. The molecule has 1 fully saturated rings. The molecule has 3 heteroatoms. The van der Waals surface area contributed by atoms with Crippen LogP contribution in [0.5, 0.6) is 0 Å². The molecule has 0 unspecified atom stereocenters. The van der Waals surface area contributed by atoms with Crippen LogP contribution in [0.1, 0.15) is 25.6 Å². The van der Waals surface area contributed by atoms with Crippen molar-refractivity contribution in [1.82, 2.24) is 10.1 Å². The zero-order valence-corrected chi connectivity index (χ0v) is 5.29. The fourth-order valence-corrected chi connectivity index (χ4v) is 0.848. The average molecular weight is 124 g/mol. The maximum atomic E-state index is 4.62. The van der Waals surface area contributed by atoms with E-state index in [-0.39, 0.29) is 5.41 Å². The van der Waals surface area contributed by atoms with E-state index in [0.717, 1.165) is 5.82 Å². The molecule has 2 rings (SSSR count). The van der Waals surface area contributed by atoms with Crippen LogP contribution in [0.2, 0.25) is 0 Å². The standard InChI is InChI=1S/C6H8N2O/c1-6(2-3-6)5-7-4-9-8-5/h4H,2-3H2,1H3. The Morgan fingerprint density at radius 2 is 2.44 bits per heavy atom. The second kappa shape index (κ2) is 1.35. The maximum Gasteiger partial charge on any atom is 0.213 e. The molecule has 1 aliphatic rings. The molecule has 1 aromatic rings. The van der Waals surface area contributed by atoms with Gasteiger partial charge in [-0.2, -0.15) is 4.98 Å². The van der Waals surface area contributed by atoms with Gasteiger partial charge in [0.05, 0.1) is 0 Å². The molecule has 48 valence electrons. The van der Waals surface area contributed by atoms with Crippen molar-refractivity contribution in [2.24, 2.45) is 0 Å². The van der Waals surface area contributed by atoms with Crippen molar-refractivity contribution < 1.29 is 4.52 Å². The van der Waals surface area contributed by atoms with E-state index >= 15 is 0 Å². The summed E-state index contributed by atoms with van der Waals surface area (Å²) in [7, 11) is 0. The van der Waals surface area contributed by atoms with E-state index in [1.54, 1.807) is 0 Å². The van der Waals surface area contributed by atoms with Gasteiger partial charge in [-0.1, -0.05) is 12.1 Å². The van der Waals surface area contributed by atoms with Crippen LogP contribution < -0.4 is 0 Å². The monoisotopic (exact) mass is 124 g/mol. The third kappa shape index (κ3) is 0.642. The van der Waals surface area contributed by atoms with Gasteiger partial charge in [-0.15, -0.1) is 0 Å². The summed E-state index contributed by atoms with van der Waals surface area (Å²) in [6, 6.07) is 0. The predicted octanol–water partition coefficient (Wildman–Crippen LogP) is 1.12. The first-order chi connectivity index (χ1) is 4.31. The Kier molecular flexibility index (Phi) is 0.743. The summed E-state index contributed by atoms with van der Waals surface area (Å²) >= 11 is 0. The van der Waals surface area contributed by atoms with Gasteiger partial charge in [0.15, 0.2) is 5.82 Å². The van der Waals surface area contributed by atoms with Crippen LogP contribution in [-0.2, 0) is 5.41 Å². The van der Waals surface area contributed by atoms with Crippen LogP contribution >= 0.6 is 0 Å². The van der Waals surface area contributed by atoms with Crippen molar-refractivity contribution >= 4 is 0 Å². The summed E-state index contributed by atoms with van der Waals surface area (Å²) in [4.78, 5) is 3.97. The second-order valence-corrected chi connectivity index (χ2v) is 2.82. The Bertz CT molecular complexity index is 201. The third-order valence-corrected chi connectivity index (χ3v) is 1.90. The fraction of sp³-hybridized carbons (Fsp3) is 0.667. The first-order valence-corrected chi connectivity index (χ1v) is 3.08. The van der Waals surface area contributed by atoms with Crippen LogP contribution in [0.25, 0.3) is 0 Å². The molecule has 0 N–H and O–H groups in total. The molecule has 0 spiro atoms. The van der Waals surface area contributed by atoms with Gasteiger partial charge in [0.25, 0.3) is 0 Å². The lowest BCUT2D eigenvalue weighted by molar-refractivity contribution is 0.404. The molecule has 0 bridgehead atoms. The van der Waals surface area contributed by atoms with Crippen molar-refractivity contribution in [3.63, 3.8) is 0 Å². The highest BCUT2D eigenvalue weighted by Crippen LogP contribution is 2.45. The van der Waals surface area contributed by atoms with E-state index < -0.39 is 0 Å². The normalized spacial score (nSPS) is 21.9. The topological polar surface area (TPSA) is 38.9 Å². The van der Waals surface area contributed by atoms with E-state index in [1.807, 2.05) is 0 Å². The Morgan fingerprint density at radius 1 is 1.67 bits per heavy atom.